The highest BCUT2D eigenvalue weighted by molar-refractivity contribution is 5.95. The summed E-state index contributed by atoms with van der Waals surface area (Å²) in [5, 5.41) is 17.5. The number of pyridine rings is 1. The average Bonchev–Trinajstić information content (AvgIpc) is 2.30. The summed E-state index contributed by atoms with van der Waals surface area (Å²) in [6.07, 6.45) is 3.55. The van der Waals surface area contributed by atoms with Crippen molar-refractivity contribution >= 4 is 5.78 Å². The molecule has 0 spiro atoms. The van der Waals surface area contributed by atoms with Crippen LogP contribution in [0.25, 0.3) is 0 Å². The summed E-state index contributed by atoms with van der Waals surface area (Å²) in [5.41, 5.74) is 0.116. The molecule has 4 heteroatoms. The Morgan fingerprint density at radius 1 is 1.19 bits per heavy atom. The highest BCUT2D eigenvalue weighted by Gasteiger charge is 2.16. The minimum Gasteiger partial charge on any atom is -0.295 e. The van der Waals surface area contributed by atoms with E-state index in [1.807, 2.05) is 18.2 Å². The summed E-state index contributed by atoms with van der Waals surface area (Å²) in [6, 6.07) is 8.96. The average molecular weight is 212 g/mol. The molecule has 0 atom stereocenters. The number of allylic oxidation sites excluding steroid dienone is 2. The molecule has 0 saturated carbocycles. The van der Waals surface area contributed by atoms with Crippen LogP contribution in [0.3, 0.4) is 0 Å². The number of nitrogens with zero attached hydrogens (tertiary/aromatic N) is 3. The van der Waals surface area contributed by atoms with Gasteiger partial charge in [0.1, 0.15) is 17.7 Å². The second-order valence-electron chi connectivity index (χ2n) is 3.18. The van der Waals surface area contributed by atoms with Crippen LogP contribution in [0.2, 0.25) is 0 Å². The molecule has 78 valence electrons. The number of rotatable bonds is 3. The summed E-state index contributed by atoms with van der Waals surface area (Å²) in [4.78, 5) is 11.3. The van der Waals surface area contributed by atoms with Gasteiger partial charge >= 0.3 is 0 Å². The summed E-state index contributed by atoms with van der Waals surface area (Å²) < 4.78 is 1.74. The van der Waals surface area contributed by atoms with E-state index in [1.165, 1.54) is 6.92 Å². The third-order valence-electron chi connectivity index (χ3n) is 2.07. The number of hydrogen-bond donors (Lipinski definition) is 0. The van der Waals surface area contributed by atoms with E-state index in [0.717, 1.165) is 0 Å². The Balaban J connectivity index is 3.10. The first-order chi connectivity index (χ1) is 7.69. The van der Waals surface area contributed by atoms with Crippen LogP contribution >= 0.6 is 0 Å². The molecule has 1 aromatic heterocycles. The van der Waals surface area contributed by atoms with Gasteiger partial charge in [-0.25, -0.2) is 4.57 Å². The van der Waals surface area contributed by atoms with E-state index in [1.54, 1.807) is 29.1 Å². The molecular formula is C12H10N3O+. The van der Waals surface area contributed by atoms with Crippen molar-refractivity contribution in [3.8, 4) is 12.1 Å². The van der Waals surface area contributed by atoms with Gasteiger partial charge in [0.15, 0.2) is 24.7 Å². The van der Waals surface area contributed by atoms with Crippen molar-refractivity contribution in [1.82, 2.24) is 0 Å². The molecule has 0 amide bonds. The molecule has 1 heterocycles. The van der Waals surface area contributed by atoms with Crippen LogP contribution in [-0.4, -0.2) is 5.78 Å². The lowest BCUT2D eigenvalue weighted by molar-refractivity contribution is -0.688. The van der Waals surface area contributed by atoms with Crippen molar-refractivity contribution in [1.29, 1.82) is 10.5 Å². The predicted molar refractivity (Wildman–Crippen MR) is 55.6 cm³/mol. The highest BCUT2D eigenvalue weighted by Crippen LogP contribution is 2.04. The third kappa shape index (κ3) is 2.76. The van der Waals surface area contributed by atoms with Crippen LogP contribution < -0.4 is 4.57 Å². The molecule has 4 nitrogen and oxygen atoms in total. The van der Waals surface area contributed by atoms with Gasteiger partial charge in [0.25, 0.3) is 0 Å². The number of Topliss-reactive ketones (excluding diaryl/α,β-unsaturated/α-hetero) is 1. The number of nitriles is 2. The van der Waals surface area contributed by atoms with E-state index in [4.69, 9.17) is 10.5 Å². The third-order valence-corrected chi connectivity index (χ3v) is 2.07. The van der Waals surface area contributed by atoms with Gasteiger partial charge < -0.3 is 0 Å². The van der Waals surface area contributed by atoms with Gasteiger partial charge in [0, 0.05) is 12.1 Å². The second kappa shape index (κ2) is 5.43. The summed E-state index contributed by atoms with van der Waals surface area (Å²) in [5.74, 6) is -0.255. The van der Waals surface area contributed by atoms with E-state index < -0.39 is 0 Å². The van der Waals surface area contributed by atoms with Crippen LogP contribution in [0.4, 0.5) is 0 Å². The second-order valence-corrected chi connectivity index (χ2v) is 3.18. The van der Waals surface area contributed by atoms with Gasteiger partial charge in [-0.15, -0.1) is 0 Å². The van der Waals surface area contributed by atoms with E-state index in [-0.39, 0.29) is 23.5 Å². The smallest absolute Gasteiger partial charge is 0.179 e. The van der Waals surface area contributed by atoms with Gasteiger partial charge in [0.2, 0.25) is 0 Å². The van der Waals surface area contributed by atoms with Crippen molar-refractivity contribution < 1.29 is 9.36 Å². The Bertz CT molecular complexity index is 487. The van der Waals surface area contributed by atoms with Gasteiger partial charge in [0.05, 0.1) is 5.57 Å². The molecule has 0 fully saturated rings. The molecule has 1 rings (SSSR count). The molecule has 0 aromatic carbocycles. The van der Waals surface area contributed by atoms with Crippen molar-refractivity contribution in [2.75, 3.05) is 0 Å². The lowest BCUT2D eigenvalue weighted by atomic mass is 10.1. The van der Waals surface area contributed by atoms with Crippen LogP contribution in [0.1, 0.15) is 6.92 Å². The first-order valence-corrected chi connectivity index (χ1v) is 4.67. The van der Waals surface area contributed by atoms with Gasteiger partial charge in [-0.3, -0.25) is 4.79 Å². The summed E-state index contributed by atoms with van der Waals surface area (Å²) in [7, 11) is 0. The summed E-state index contributed by atoms with van der Waals surface area (Å²) in [6.45, 7) is 1.60. The quantitative estimate of drug-likeness (QED) is 0.425. The first-order valence-electron chi connectivity index (χ1n) is 4.67. The standard InChI is InChI=1S/C12H10N3O/c1-10(16)12(11(7-13)8-14)9-15-5-3-2-4-6-15/h2-6H,9H2,1H3/q+1. The molecule has 16 heavy (non-hydrogen) atoms. The normalized spacial score (nSPS) is 8.69. The van der Waals surface area contributed by atoms with E-state index in [2.05, 4.69) is 0 Å². The molecule has 0 radical (unpaired) electrons. The maximum Gasteiger partial charge on any atom is 0.179 e. The molecule has 0 N–H and O–H groups in total. The van der Waals surface area contributed by atoms with Gasteiger partial charge in [-0.05, 0) is 6.92 Å². The van der Waals surface area contributed by atoms with Crippen LogP contribution in [0.15, 0.2) is 41.7 Å². The fourth-order valence-corrected chi connectivity index (χ4v) is 1.25. The lowest BCUT2D eigenvalue weighted by Crippen LogP contribution is -2.35. The van der Waals surface area contributed by atoms with Gasteiger partial charge in [-0.1, -0.05) is 6.07 Å². The lowest BCUT2D eigenvalue weighted by Gasteiger charge is -1.99. The summed E-state index contributed by atoms with van der Waals surface area (Å²) >= 11 is 0. The van der Waals surface area contributed by atoms with E-state index in [9.17, 15) is 4.79 Å². The van der Waals surface area contributed by atoms with Crippen molar-refractivity contribution in [3.63, 3.8) is 0 Å². The highest BCUT2D eigenvalue weighted by atomic mass is 16.1. The zero-order valence-electron chi connectivity index (χ0n) is 8.84. The zero-order valence-corrected chi connectivity index (χ0v) is 8.84. The minimum atomic E-state index is -0.255. The van der Waals surface area contributed by atoms with Gasteiger partial charge in [-0.2, -0.15) is 10.5 Å². The fourth-order valence-electron chi connectivity index (χ4n) is 1.25. The number of carbonyl (C=O) groups excluding carboxylic acids is 1. The largest absolute Gasteiger partial charge is 0.295 e. The first kappa shape index (κ1) is 11.6. The Morgan fingerprint density at radius 2 is 1.75 bits per heavy atom. The molecular weight excluding hydrogens is 202 g/mol. The van der Waals surface area contributed by atoms with E-state index in [0.29, 0.717) is 0 Å². The number of ketones is 1. The van der Waals surface area contributed by atoms with Crippen molar-refractivity contribution in [2.24, 2.45) is 0 Å². The molecule has 0 aliphatic heterocycles. The molecule has 0 bridgehead atoms. The van der Waals surface area contributed by atoms with Crippen molar-refractivity contribution in [3.05, 3.63) is 41.7 Å². The Kier molecular flexibility index (Phi) is 3.94. The van der Waals surface area contributed by atoms with E-state index >= 15 is 0 Å². The Morgan fingerprint density at radius 3 is 2.19 bits per heavy atom. The fraction of sp³-hybridized carbons (Fsp3) is 0.167. The molecule has 0 aliphatic rings. The Hall–Kier alpha value is -2.46. The van der Waals surface area contributed by atoms with Crippen LogP contribution in [0.5, 0.6) is 0 Å². The topological polar surface area (TPSA) is 68.5 Å². The zero-order chi connectivity index (χ0) is 12.0. The minimum absolute atomic E-state index is 0.121. The molecule has 0 saturated heterocycles. The van der Waals surface area contributed by atoms with Crippen molar-refractivity contribution in [2.45, 2.75) is 13.5 Å². The maximum absolute atomic E-state index is 11.3. The number of hydrogen-bond acceptors (Lipinski definition) is 3. The number of carbonyl (C=O) groups is 1. The van der Waals surface area contributed by atoms with Crippen LogP contribution in [-0.2, 0) is 11.3 Å². The SMILES string of the molecule is CC(=O)C(C[n+]1ccccc1)=C(C#N)C#N. The molecule has 0 aliphatic carbocycles. The monoisotopic (exact) mass is 212 g/mol. The molecule has 1 aromatic rings. The Labute approximate surface area is 93.7 Å². The predicted octanol–water partition coefficient (Wildman–Crippen LogP) is 0.907. The maximum atomic E-state index is 11.3. The molecule has 0 unspecified atom stereocenters. The number of aromatic nitrogens is 1. The van der Waals surface area contributed by atoms with Crippen LogP contribution in [0, 0.1) is 22.7 Å².